The summed E-state index contributed by atoms with van der Waals surface area (Å²) >= 11 is 0. The highest BCUT2D eigenvalue weighted by molar-refractivity contribution is 5.19. The average Bonchev–Trinajstić information content (AvgIpc) is 2.60. The molecule has 11 heavy (non-hydrogen) atoms. The van der Waals surface area contributed by atoms with Crippen molar-refractivity contribution < 1.29 is 0 Å². The van der Waals surface area contributed by atoms with E-state index in [-0.39, 0.29) is 0 Å². The zero-order valence-electron chi connectivity index (χ0n) is 6.74. The Kier molecular flexibility index (Phi) is 1.49. The van der Waals surface area contributed by atoms with E-state index >= 15 is 0 Å². The Morgan fingerprint density at radius 3 is 1.82 bits per heavy atom. The third-order valence-corrected chi connectivity index (χ3v) is 3.13. The first kappa shape index (κ1) is 6.90. The maximum absolute atomic E-state index is 3.88. The summed E-state index contributed by atoms with van der Waals surface area (Å²) in [5.74, 6) is 2.87. The van der Waals surface area contributed by atoms with E-state index in [0.717, 1.165) is 11.8 Å². The van der Waals surface area contributed by atoms with Gasteiger partial charge in [0.05, 0.1) is 0 Å². The van der Waals surface area contributed by atoms with Gasteiger partial charge in [0, 0.05) is 0 Å². The minimum Gasteiger partial charge on any atom is -0.103 e. The third kappa shape index (κ3) is 0.819. The molecule has 0 heterocycles. The molecule has 1 fully saturated rings. The summed E-state index contributed by atoms with van der Waals surface area (Å²) in [6.07, 6.45) is 10.2. The van der Waals surface area contributed by atoms with Gasteiger partial charge in [-0.1, -0.05) is 24.3 Å². The van der Waals surface area contributed by atoms with Crippen LogP contribution in [0, 0.1) is 23.7 Å². The van der Waals surface area contributed by atoms with Gasteiger partial charge in [0.15, 0.2) is 0 Å². The van der Waals surface area contributed by atoms with Gasteiger partial charge in [0.25, 0.3) is 0 Å². The quantitative estimate of drug-likeness (QED) is 0.525. The van der Waals surface area contributed by atoms with E-state index in [2.05, 4.69) is 37.5 Å². The van der Waals surface area contributed by atoms with E-state index in [0.29, 0.717) is 11.8 Å². The van der Waals surface area contributed by atoms with Gasteiger partial charge >= 0.3 is 0 Å². The molecule has 0 heteroatoms. The molecular formula is C11H14. The minimum absolute atomic E-state index is 0.669. The van der Waals surface area contributed by atoms with Gasteiger partial charge in [0.2, 0.25) is 0 Å². The lowest BCUT2D eigenvalue weighted by molar-refractivity contribution is 0.449. The summed E-state index contributed by atoms with van der Waals surface area (Å²) in [7, 11) is 0. The van der Waals surface area contributed by atoms with E-state index in [9.17, 15) is 0 Å². The molecule has 2 aliphatic carbocycles. The van der Waals surface area contributed by atoms with Gasteiger partial charge < -0.3 is 0 Å². The first-order valence-electron chi connectivity index (χ1n) is 4.30. The van der Waals surface area contributed by atoms with Crippen molar-refractivity contribution in [3.63, 3.8) is 0 Å². The van der Waals surface area contributed by atoms with Crippen LogP contribution in [0.5, 0.6) is 0 Å². The lowest BCUT2D eigenvalue weighted by Gasteiger charge is -2.21. The summed E-state index contributed by atoms with van der Waals surface area (Å²) in [4.78, 5) is 0. The van der Waals surface area contributed by atoms with E-state index in [1.165, 1.54) is 6.42 Å². The summed E-state index contributed by atoms with van der Waals surface area (Å²) < 4.78 is 0. The van der Waals surface area contributed by atoms with Crippen LogP contribution >= 0.6 is 0 Å². The molecule has 0 amide bonds. The molecule has 0 spiro atoms. The van der Waals surface area contributed by atoms with Crippen molar-refractivity contribution in [1.29, 1.82) is 0 Å². The second-order valence-electron chi connectivity index (χ2n) is 3.57. The zero-order chi connectivity index (χ0) is 7.84. The topological polar surface area (TPSA) is 0 Å². The van der Waals surface area contributed by atoms with E-state index < -0.39 is 0 Å². The first-order chi connectivity index (χ1) is 5.36. The van der Waals surface area contributed by atoms with Crippen molar-refractivity contribution in [3.05, 3.63) is 37.5 Å². The Morgan fingerprint density at radius 2 is 1.45 bits per heavy atom. The Balaban J connectivity index is 2.27. The SMILES string of the molecule is C=CC1C2C=CC(C2)C1C=C. The van der Waals surface area contributed by atoms with Crippen LogP contribution in [0.3, 0.4) is 0 Å². The maximum Gasteiger partial charge on any atom is -0.0104 e. The molecule has 0 aromatic rings. The molecule has 0 N–H and O–H groups in total. The third-order valence-electron chi connectivity index (χ3n) is 3.13. The molecule has 1 saturated carbocycles. The highest BCUT2D eigenvalue weighted by Gasteiger charge is 2.40. The van der Waals surface area contributed by atoms with Gasteiger partial charge in [-0.2, -0.15) is 0 Å². The minimum atomic E-state index is 0.669. The van der Waals surface area contributed by atoms with Crippen LogP contribution in [0.4, 0.5) is 0 Å². The largest absolute Gasteiger partial charge is 0.103 e. The van der Waals surface area contributed by atoms with Crippen LogP contribution in [0.1, 0.15) is 6.42 Å². The number of hydrogen-bond donors (Lipinski definition) is 0. The van der Waals surface area contributed by atoms with Gasteiger partial charge in [-0.05, 0) is 30.1 Å². The van der Waals surface area contributed by atoms with Crippen molar-refractivity contribution in [1.82, 2.24) is 0 Å². The molecule has 2 rings (SSSR count). The van der Waals surface area contributed by atoms with Crippen molar-refractivity contribution in [3.8, 4) is 0 Å². The molecule has 2 bridgehead atoms. The number of fused-ring (bicyclic) bond motifs is 2. The molecule has 2 aliphatic rings. The zero-order valence-corrected chi connectivity index (χ0v) is 6.74. The lowest BCUT2D eigenvalue weighted by atomic mass is 9.83. The number of rotatable bonds is 2. The average molecular weight is 146 g/mol. The number of hydrogen-bond acceptors (Lipinski definition) is 0. The monoisotopic (exact) mass is 146 g/mol. The summed E-state index contributed by atoms with van der Waals surface area (Å²) in [5, 5.41) is 0. The Bertz CT molecular complexity index is 190. The van der Waals surface area contributed by atoms with Crippen molar-refractivity contribution in [2.75, 3.05) is 0 Å². The molecule has 0 aromatic carbocycles. The van der Waals surface area contributed by atoms with Crippen LogP contribution in [-0.2, 0) is 0 Å². The van der Waals surface area contributed by atoms with Crippen LogP contribution in [0.2, 0.25) is 0 Å². The molecule has 0 aromatic heterocycles. The van der Waals surface area contributed by atoms with Crippen molar-refractivity contribution >= 4 is 0 Å². The van der Waals surface area contributed by atoms with Gasteiger partial charge in [-0.25, -0.2) is 0 Å². The first-order valence-corrected chi connectivity index (χ1v) is 4.30. The molecule has 0 radical (unpaired) electrons. The fourth-order valence-electron chi connectivity index (χ4n) is 2.56. The molecule has 4 unspecified atom stereocenters. The molecule has 58 valence electrons. The fraction of sp³-hybridized carbons (Fsp3) is 0.455. The molecule has 0 saturated heterocycles. The van der Waals surface area contributed by atoms with Crippen LogP contribution in [0.15, 0.2) is 37.5 Å². The molecular weight excluding hydrogens is 132 g/mol. The maximum atomic E-state index is 3.88. The summed E-state index contributed by atoms with van der Waals surface area (Å²) in [6, 6.07) is 0. The van der Waals surface area contributed by atoms with E-state index in [1.54, 1.807) is 0 Å². The van der Waals surface area contributed by atoms with Gasteiger partial charge in [-0.3, -0.25) is 0 Å². The molecule has 4 atom stereocenters. The fourth-order valence-corrected chi connectivity index (χ4v) is 2.56. The highest BCUT2D eigenvalue weighted by Crippen LogP contribution is 2.48. The van der Waals surface area contributed by atoms with E-state index in [1.807, 2.05) is 0 Å². The van der Waals surface area contributed by atoms with Crippen molar-refractivity contribution in [2.24, 2.45) is 23.7 Å². The van der Waals surface area contributed by atoms with Gasteiger partial charge in [-0.15, -0.1) is 13.2 Å². The lowest BCUT2D eigenvalue weighted by Crippen LogP contribution is -2.14. The summed E-state index contributed by atoms with van der Waals surface area (Å²) in [6.45, 7) is 7.76. The second kappa shape index (κ2) is 2.37. The standard InChI is InChI=1S/C11H14/c1-3-10-8-5-6-9(7-8)11(10)4-2/h3-6,8-11H,1-2,7H2. The molecule has 0 nitrogen and oxygen atoms in total. The van der Waals surface area contributed by atoms with Crippen molar-refractivity contribution in [2.45, 2.75) is 6.42 Å². The smallest absolute Gasteiger partial charge is 0.0104 e. The number of allylic oxidation sites excluding steroid dienone is 4. The van der Waals surface area contributed by atoms with Crippen LogP contribution < -0.4 is 0 Å². The molecule has 0 aliphatic heterocycles. The predicted octanol–water partition coefficient (Wildman–Crippen LogP) is 2.80. The van der Waals surface area contributed by atoms with Gasteiger partial charge in [0.1, 0.15) is 0 Å². The predicted molar refractivity (Wildman–Crippen MR) is 48.1 cm³/mol. The normalized spacial score (nSPS) is 46.2. The Labute approximate surface area is 68.3 Å². The van der Waals surface area contributed by atoms with E-state index in [4.69, 9.17) is 0 Å². The Hall–Kier alpha value is -0.780. The second-order valence-corrected chi connectivity index (χ2v) is 3.57. The van der Waals surface area contributed by atoms with Crippen LogP contribution in [-0.4, -0.2) is 0 Å². The Morgan fingerprint density at radius 1 is 1.00 bits per heavy atom. The van der Waals surface area contributed by atoms with Crippen LogP contribution in [0.25, 0.3) is 0 Å². The summed E-state index contributed by atoms with van der Waals surface area (Å²) in [5.41, 5.74) is 0. The highest BCUT2D eigenvalue weighted by atomic mass is 14.4.